The number of aliphatic carboxylic acids is 1. The molecular weight excluding hydrogens is 490 g/mol. The Hall–Kier alpha value is -4.20. The summed E-state index contributed by atoms with van der Waals surface area (Å²) in [5, 5.41) is 12.5. The highest BCUT2D eigenvalue weighted by Gasteiger charge is 2.21. The van der Waals surface area contributed by atoms with E-state index in [4.69, 9.17) is 9.84 Å². The fourth-order valence-electron chi connectivity index (χ4n) is 4.78. The van der Waals surface area contributed by atoms with Crippen molar-refractivity contribution in [3.05, 3.63) is 94.2 Å². The molecule has 0 saturated heterocycles. The Balaban J connectivity index is 1.54. The lowest BCUT2D eigenvalue weighted by Crippen LogP contribution is -2.29. The van der Waals surface area contributed by atoms with E-state index in [0.717, 1.165) is 16.6 Å². The summed E-state index contributed by atoms with van der Waals surface area (Å²) in [7, 11) is 1.75. The van der Waals surface area contributed by atoms with Crippen LogP contribution in [-0.2, 0) is 24.7 Å². The molecule has 0 aliphatic heterocycles. The van der Waals surface area contributed by atoms with Crippen molar-refractivity contribution in [3.8, 4) is 11.5 Å². The summed E-state index contributed by atoms with van der Waals surface area (Å²) in [6.45, 7) is 5.50. The average Bonchev–Trinajstić information content (AvgIpc) is 3.11. The normalized spacial score (nSPS) is 11.9. The third kappa shape index (κ3) is 5.69. The van der Waals surface area contributed by atoms with Crippen LogP contribution in [0, 0.1) is 18.6 Å². The largest absolute Gasteiger partial charge is 0.481 e. The molecule has 0 aliphatic carbocycles. The van der Waals surface area contributed by atoms with E-state index in [1.807, 2.05) is 19.1 Å². The number of benzene rings is 3. The highest BCUT2D eigenvalue weighted by molar-refractivity contribution is 6.01. The number of rotatable bonds is 9. The molecule has 6 nitrogen and oxygen atoms in total. The van der Waals surface area contributed by atoms with Gasteiger partial charge in [-0.1, -0.05) is 13.0 Å². The maximum absolute atomic E-state index is 14.6. The summed E-state index contributed by atoms with van der Waals surface area (Å²) in [5.74, 6) is -1.32. The molecule has 2 N–H and O–H groups in total. The van der Waals surface area contributed by atoms with Gasteiger partial charge in [0, 0.05) is 30.4 Å². The average molecular weight is 521 g/mol. The number of carboxylic acid groups (broad SMARTS) is 1. The second-order valence-electron chi connectivity index (χ2n) is 9.39. The molecule has 0 radical (unpaired) electrons. The number of fused-ring (bicyclic) bond motifs is 1. The van der Waals surface area contributed by atoms with Crippen LogP contribution in [-0.4, -0.2) is 21.6 Å². The summed E-state index contributed by atoms with van der Waals surface area (Å²) in [4.78, 5) is 24.1. The summed E-state index contributed by atoms with van der Waals surface area (Å²) in [6.07, 6.45) is 1.16. The molecule has 0 aliphatic rings. The molecule has 1 amide bonds. The molecule has 0 spiro atoms. The molecule has 1 heterocycles. The van der Waals surface area contributed by atoms with Crippen LogP contribution in [0.15, 0.2) is 54.6 Å². The first-order valence-corrected chi connectivity index (χ1v) is 12.4. The van der Waals surface area contributed by atoms with Gasteiger partial charge in [-0.25, -0.2) is 8.78 Å². The zero-order valence-electron chi connectivity index (χ0n) is 21.8. The molecule has 1 atom stereocenters. The molecule has 38 heavy (non-hydrogen) atoms. The van der Waals surface area contributed by atoms with E-state index in [9.17, 15) is 18.4 Å². The van der Waals surface area contributed by atoms with Gasteiger partial charge in [0.1, 0.15) is 28.8 Å². The molecule has 0 saturated carbocycles. The van der Waals surface area contributed by atoms with Gasteiger partial charge in [0.2, 0.25) is 0 Å². The number of nitrogens with zero attached hydrogens (tertiary/aromatic N) is 1. The summed E-state index contributed by atoms with van der Waals surface area (Å²) >= 11 is 0. The van der Waals surface area contributed by atoms with E-state index >= 15 is 0 Å². The molecule has 4 rings (SSSR count). The van der Waals surface area contributed by atoms with Gasteiger partial charge in [0.25, 0.3) is 5.91 Å². The van der Waals surface area contributed by atoms with Crippen molar-refractivity contribution in [2.45, 2.75) is 46.1 Å². The number of aryl methyl sites for hydroxylation is 4. The number of hydrogen-bond acceptors (Lipinski definition) is 3. The van der Waals surface area contributed by atoms with Crippen molar-refractivity contribution in [1.82, 2.24) is 9.88 Å². The van der Waals surface area contributed by atoms with E-state index in [0.29, 0.717) is 40.8 Å². The number of amides is 1. The van der Waals surface area contributed by atoms with Crippen LogP contribution in [0.5, 0.6) is 11.5 Å². The third-order valence-electron chi connectivity index (χ3n) is 6.77. The van der Waals surface area contributed by atoms with Gasteiger partial charge in [-0.2, -0.15) is 0 Å². The maximum Gasteiger partial charge on any atom is 0.303 e. The number of carboxylic acids is 1. The highest BCUT2D eigenvalue weighted by atomic mass is 19.1. The maximum atomic E-state index is 14.6. The fraction of sp³-hybridized carbons (Fsp3) is 0.267. The highest BCUT2D eigenvalue weighted by Crippen LogP contribution is 2.30. The predicted molar refractivity (Wildman–Crippen MR) is 142 cm³/mol. The number of hydrogen-bond donors (Lipinski definition) is 2. The van der Waals surface area contributed by atoms with Crippen LogP contribution in [0.3, 0.4) is 0 Å². The number of carbonyl (C=O) groups is 2. The second kappa shape index (κ2) is 11.0. The van der Waals surface area contributed by atoms with Crippen molar-refractivity contribution in [2.24, 2.45) is 7.05 Å². The SMILES string of the molecule is CCc1cc(Oc2cc(F)cc([C@@H](C)NC(=O)c3c(C)c4cc(F)ccc4n3C)c2)ccc1CCC(=O)O. The molecule has 198 valence electrons. The van der Waals surface area contributed by atoms with Gasteiger partial charge in [-0.3, -0.25) is 9.59 Å². The first kappa shape index (κ1) is 26.9. The minimum absolute atomic E-state index is 0.0409. The molecule has 8 heteroatoms. The molecule has 1 aromatic heterocycles. The van der Waals surface area contributed by atoms with Crippen LogP contribution >= 0.6 is 0 Å². The van der Waals surface area contributed by atoms with Gasteiger partial charge in [0.15, 0.2) is 0 Å². The Bertz CT molecular complexity index is 1530. The van der Waals surface area contributed by atoms with E-state index in [2.05, 4.69) is 5.32 Å². The smallest absolute Gasteiger partial charge is 0.303 e. The van der Waals surface area contributed by atoms with E-state index < -0.39 is 17.8 Å². The van der Waals surface area contributed by atoms with Crippen molar-refractivity contribution in [1.29, 1.82) is 0 Å². The van der Waals surface area contributed by atoms with E-state index in [1.54, 1.807) is 43.7 Å². The zero-order chi connectivity index (χ0) is 27.6. The summed E-state index contributed by atoms with van der Waals surface area (Å²) in [6, 6.07) is 13.5. The molecule has 0 bridgehead atoms. The molecule has 4 aromatic rings. The minimum atomic E-state index is -0.856. The molecule has 3 aromatic carbocycles. The number of ether oxygens (including phenoxy) is 1. The van der Waals surface area contributed by atoms with Crippen LogP contribution in [0.25, 0.3) is 10.9 Å². The Morgan fingerprint density at radius 3 is 2.47 bits per heavy atom. The Morgan fingerprint density at radius 2 is 1.76 bits per heavy atom. The Labute approximate surface area is 219 Å². The fourth-order valence-corrected chi connectivity index (χ4v) is 4.78. The van der Waals surface area contributed by atoms with Crippen LogP contribution in [0.1, 0.15) is 59.1 Å². The van der Waals surface area contributed by atoms with Crippen LogP contribution < -0.4 is 10.1 Å². The first-order chi connectivity index (χ1) is 18.1. The first-order valence-electron chi connectivity index (χ1n) is 12.4. The second-order valence-corrected chi connectivity index (χ2v) is 9.39. The van der Waals surface area contributed by atoms with Gasteiger partial charge in [-0.15, -0.1) is 0 Å². The number of nitrogens with one attached hydrogen (secondary N) is 1. The number of aromatic nitrogens is 1. The zero-order valence-corrected chi connectivity index (χ0v) is 21.8. The van der Waals surface area contributed by atoms with Crippen LogP contribution in [0.2, 0.25) is 0 Å². The molecular formula is C30H30F2N2O4. The summed E-state index contributed by atoms with van der Waals surface area (Å²) in [5.41, 5.74) is 4.22. The van der Waals surface area contributed by atoms with Gasteiger partial charge in [-0.05, 0) is 91.4 Å². The van der Waals surface area contributed by atoms with Crippen LogP contribution in [0.4, 0.5) is 8.78 Å². The van der Waals surface area contributed by atoms with Crippen molar-refractivity contribution in [2.75, 3.05) is 0 Å². The van der Waals surface area contributed by atoms with Crippen molar-refractivity contribution < 1.29 is 28.2 Å². The lowest BCUT2D eigenvalue weighted by molar-refractivity contribution is -0.136. The Morgan fingerprint density at radius 1 is 1.00 bits per heavy atom. The Kier molecular flexibility index (Phi) is 7.80. The summed E-state index contributed by atoms with van der Waals surface area (Å²) < 4.78 is 36.0. The van der Waals surface area contributed by atoms with Gasteiger partial charge >= 0.3 is 5.97 Å². The third-order valence-corrected chi connectivity index (χ3v) is 6.77. The predicted octanol–water partition coefficient (Wildman–Crippen LogP) is 6.63. The minimum Gasteiger partial charge on any atom is -0.481 e. The van der Waals surface area contributed by atoms with Gasteiger partial charge in [0.05, 0.1) is 6.04 Å². The lowest BCUT2D eigenvalue weighted by Gasteiger charge is -2.17. The number of carbonyl (C=O) groups excluding carboxylic acids is 1. The molecule has 0 unspecified atom stereocenters. The molecule has 0 fully saturated rings. The van der Waals surface area contributed by atoms with E-state index in [1.165, 1.54) is 24.3 Å². The standard InChI is InChI=1S/C30H30F2N2O4/c1-5-19-13-24(9-6-20(19)7-11-28(35)36)38-25-14-21(12-23(32)15-25)18(3)33-30(37)29-17(2)26-16-22(31)8-10-27(26)34(29)4/h6,8-10,12-16,18H,5,7,11H2,1-4H3,(H,33,37)(H,35,36)/t18-/m1/s1. The lowest BCUT2D eigenvalue weighted by atomic mass is 10.0. The van der Waals surface area contributed by atoms with E-state index in [-0.39, 0.29) is 23.9 Å². The van der Waals surface area contributed by atoms with Gasteiger partial charge < -0.3 is 19.7 Å². The van der Waals surface area contributed by atoms with Crippen molar-refractivity contribution in [3.63, 3.8) is 0 Å². The topological polar surface area (TPSA) is 80.6 Å². The quantitative estimate of drug-likeness (QED) is 0.260. The number of halogens is 2. The van der Waals surface area contributed by atoms with Crippen molar-refractivity contribution >= 4 is 22.8 Å². The monoisotopic (exact) mass is 520 g/mol.